The van der Waals surface area contributed by atoms with Gasteiger partial charge in [-0.3, -0.25) is 0 Å². The van der Waals surface area contributed by atoms with E-state index in [1.54, 1.807) is 6.92 Å². The summed E-state index contributed by atoms with van der Waals surface area (Å²) < 4.78 is 22.5. The third-order valence-electron chi connectivity index (χ3n) is 2.89. The van der Waals surface area contributed by atoms with E-state index in [1.165, 1.54) is 27.7 Å². The van der Waals surface area contributed by atoms with Gasteiger partial charge in [0.2, 0.25) is 0 Å². The molecule has 0 rings (SSSR count). The van der Waals surface area contributed by atoms with Gasteiger partial charge in [0.1, 0.15) is 0 Å². The highest BCUT2D eigenvalue weighted by Gasteiger charge is 2.11. The minimum absolute atomic E-state index is 0.0417. The minimum Gasteiger partial charge on any atom is -0.450 e. The van der Waals surface area contributed by atoms with Crippen molar-refractivity contribution in [3.05, 3.63) is 48.6 Å². The highest BCUT2D eigenvalue weighted by atomic mass is 16.6. The monoisotopic (exact) mass is 547 g/mol. The highest BCUT2D eigenvalue weighted by Crippen LogP contribution is 1.98. The Bertz CT molecular complexity index is 696. The fourth-order valence-electron chi connectivity index (χ4n) is 1.11. The number of ether oxygens (including phenoxy) is 5. The van der Waals surface area contributed by atoms with E-state index in [1.807, 2.05) is 0 Å². The lowest BCUT2D eigenvalue weighted by atomic mass is 10.3. The number of hydrogen-bond acceptors (Lipinski definition) is 12. The second-order valence-electron chi connectivity index (χ2n) is 6.90. The molecule has 0 aliphatic rings. The maximum Gasteiger partial charge on any atom is 0.404 e. The van der Waals surface area contributed by atoms with Gasteiger partial charge in [0.25, 0.3) is 0 Å². The van der Waals surface area contributed by atoms with Gasteiger partial charge < -0.3 is 39.6 Å². The first-order chi connectivity index (χ1) is 17.6. The lowest BCUT2D eigenvalue weighted by molar-refractivity contribution is -0.155. The first-order valence-corrected chi connectivity index (χ1v) is 11.0. The second-order valence-corrected chi connectivity index (χ2v) is 6.90. The number of carbonyl (C=O) groups is 5. The number of aliphatic hydroxyl groups excluding tert-OH is 2. The number of amides is 1. The van der Waals surface area contributed by atoms with Crippen molar-refractivity contribution in [1.82, 2.24) is 0 Å². The summed E-state index contributed by atoms with van der Waals surface area (Å²) >= 11 is 0. The van der Waals surface area contributed by atoms with E-state index >= 15 is 0 Å². The molecule has 0 heterocycles. The molecule has 0 unspecified atom stereocenters. The van der Waals surface area contributed by atoms with Crippen molar-refractivity contribution in [1.29, 1.82) is 0 Å². The van der Waals surface area contributed by atoms with Crippen molar-refractivity contribution >= 4 is 30.0 Å². The summed E-state index contributed by atoms with van der Waals surface area (Å²) in [6.07, 6.45) is -0.711. The van der Waals surface area contributed by atoms with Crippen LogP contribution in [0.25, 0.3) is 0 Å². The smallest absolute Gasteiger partial charge is 0.404 e. The van der Waals surface area contributed by atoms with E-state index in [0.29, 0.717) is 33.0 Å². The maximum atomic E-state index is 10.7. The van der Waals surface area contributed by atoms with E-state index < -0.39 is 30.0 Å². The Morgan fingerprint density at radius 1 is 0.605 bits per heavy atom. The SMILES string of the molecule is C=C(C)C(=O)OC(=O)C(=C)C.C=C(C)C(=O)OC(=O)C(=C)C.CCOC(N)=O.OCCOCCOCCO. The van der Waals surface area contributed by atoms with Gasteiger partial charge >= 0.3 is 30.0 Å². The molecule has 0 radical (unpaired) electrons. The van der Waals surface area contributed by atoms with Crippen LogP contribution in [0.15, 0.2) is 48.6 Å². The molecule has 0 spiro atoms. The largest absolute Gasteiger partial charge is 0.450 e. The molecule has 0 bridgehead atoms. The molecule has 0 aromatic rings. The van der Waals surface area contributed by atoms with Gasteiger partial charge in [-0.1, -0.05) is 26.3 Å². The van der Waals surface area contributed by atoms with Crippen molar-refractivity contribution in [2.24, 2.45) is 5.73 Å². The first kappa shape index (κ1) is 41.5. The third kappa shape index (κ3) is 34.5. The van der Waals surface area contributed by atoms with Crippen LogP contribution in [0.3, 0.4) is 0 Å². The lowest BCUT2D eigenvalue weighted by Crippen LogP contribution is -2.12. The van der Waals surface area contributed by atoms with Crippen LogP contribution >= 0.6 is 0 Å². The van der Waals surface area contributed by atoms with Crippen molar-refractivity contribution in [3.8, 4) is 0 Å². The Hall–Kier alpha value is -3.65. The van der Waals surface area contributed by atoms with Gasteiger partial charge in [0.15, 0.2) is 0 Å². The zero-order chi connectivity index (χ0) is 30.7. The van der Waals surface area contributed by atoms with E-state index in [9.17, 15) is 24.0 Å². The summed E-state index contributed by atoms with van der Waals surface area (Å²) in [5.41, 5.74) is 5.32. The molecule has 13 heteroatoms. The zero-order valence-electron chi connectivity index (χ0n) is 22.8. The van der Waals surface area contributed by atoms with Crippen molar-refractivity contribution < 1.29 is 57.9 Å². The zero-order valence-corrected chi connectivity index (χ0v) is 22.8. The van der Waals surface area contributed by atoms with Crippen LogP contribution in [0.4, 0.5) is 4.79 Å². The van der Waals surface area contributed by atoms with Crippen LogP contribution in [0, 0.1) is 0 Å². The predicted molar refractivity (Wildman–Crippen MR) is 138 cm³/mol. The molecule has 0 aromatic heterocycles. The Balaban J connectivity index is -0.000000207. The molecule has 13 nitrogen and oxygen atoms in total. The van der Waals surface area contributed by atoms with Gasteiger partial charge in [-0.2, -0.15) is 0 Å². The predicted octanol–water partition coefficient (Wildman–Crippen LogP) is 1.52. The lowest BCUT2D eigenvalue weighted by Gasteiger charge is -2.01. The first-order valence-electron chi connectivity index (χ1n) is 11.0. The van der Waals surface area contributed by atoms with E-state index in [0.717, 1.165) is 0 Å². The maximum absolute atomic E-state index is 10.7. The highest BCUT2D eigenvalue weighted by molar-refractivity contribution is 6.01. The van der Waals surface area contributed by atoms with Gasteiger partial charge in [-0.05, 0) is 34.6 Å². The normalized spacial score (nSPS) is 8.82. The molecule has 0 aliphatic carbocycles. The summed E-state index contributed by atoms with van der Waals surface area (Å²) in [7, 11) is 0. The summed E-state index contributed by atoms with van der Waals surface area (Å²) in [5, 5.41) is 16.5. The Morgan fingerprint density at radius 3 is 1.00 bits per heavy atom. The Labute approximate surface area is 223 Å². The van der Waals surface area contributed by atoms with Gasteiger partial charge in [0, 0.05) is 22.3 Å². The number of primary amides is 1. The molecule has 0 saturated carbocycles. The summed E-state index contributed by atoms with van der Waals surface area (Å²) in [6.45, 7) is 22.9. The van der Waals surface area contributed by atoms with Crippen LogP contribution < -0.4 is 5.73 Å². The molecule has 4 N–H and O–H groups in total. The van der Waals surface area contributed by atoms with E-state index in [2.05, 4.69) is 46.3 Å². The van der Waals surface area contributed by atoms with Crippen LogP contribution in [0.2, 0.25) is 0 Å². The van der Waals surface area contributed by atoms with Crippen LogP contribution in [-0.4, -0.2) is 86.4 Å². The fourth-order valence-corrected chi connectivity index (χ4v) is 1.11. The number of hydrogen-bond donors (Lipinski definition) is 3. The molecule has 38 heavy (non-hydrogen) atoms. The average molecular weight is 548 g/mol. The van der Waals surface area contributed by atoms with Crippen molar-refractivity contribution in [2.75, 3.05) is 46.2 Å². The molecule has 1 amide bonds. The van der Waals surface area contributed by atoms with Crippen molar-refractivity contribution in [2.45, 2.75) is 34.6 Å². The molecule has 0 saturated heterocycles. The average Bonchev–Trinajstić information content (AvgIpc) is 2.82. The number of esters is 4. The molecule has 0 atom stereocenters. The number of carbonyl (C=O) groups excluding carboxylic acids is 5. The minimum atomic E-state index is -0.711. The quantitative estimate of drug-likeness (QED) is 0.105. The van der Waals surface area contributed by atoms with Crippen LogP contribution in [0.5, 0.6) is 0 Å². The molecule has 0 aromatic carbocycles. The molecular weight excluding hydrogens is 506 g/mol. The van der Waals surface area contributed by atoms with E-state index in [4.69, 9.17) is 19.7 Å². The summed E-state index contributed by atoms with van der Waals surface area (Å²) in [4.78, 5) is 52.3. The van der Waals surface area contributed by atoms with E-state index in [-0.39, 0.29) is 35.5 Å². The number of nitrogens with two attached hydrogens (primary N) is 1. The Morgan fingerprint density at radius 2 is 0.868 bits per heavy atom. The number of aliphatic hydroxyl groups is 2. The summed E-state index contributed by atoms with van der Waals surface area (Å²) in [6, 6.07) is 0. The van der Waals surface area contributed by atoms with Crippen LogP contribution in [-0.2, 0) is 42.9 Å². The van der Waals surface area contributed by atoms with Gasteiger partial charge in [-0.25, -0.2) is 24.0 Å². The second kappa shape index (κ2) is 27.9. The number of rotatable bonds is 12. The standard InChI is InChI=1S/2C8H10O3.C6H14O4.C3H7NO2/c2*1-5(2)7(9)11-8(10)6(3)4;7-1-3-9-5-6-10-4-2-8;1-2-6-3(4)5/h2*1,3H2,2,4H3;7-8H,1-6H2;2H2,1H3,(H2,4,5). The van der Waals surface area contributed by atoms with Gasteiger partial charge in [0.05, 0.1) is 46.2 Å². The van der Waals surface area contributed by atoms with Gasteiger partial charge in [-0.15, -0.1) is 0 Å². The molecule has 0 aliphatic heterocycles. The third-order valence-corrected chi connectivity index (χ3v) is 2.89. The topological polar surface area (TPSA) is 198 Å². The molecule has 0 fully saturated rings. The fraction of sp³-hybridized carbons (Fsp3) is 0.480. The Kier molecular flexibility index (Phi) is 30.5. The van der Waals surface area contributed by atoms with Crippen molar-refractivity contribution in [3.63, 3.8) is 0 Å². The molecule has 218 valence electrons. The summed E-state index contributed by atoms with van der Waals surface area (Å²) in [5.74, 6) is -2.84. The van der Waals surface area contributed by atoms with Crippen LogP contribution in [0.1, 0.15) is 34.6 Å². The molecular formula is C25H41NO12.